The minimum absolute atomic E-state index is 0.0120. The van der Waals surface area contributed by atoms with Gasteiger partial charge >= 0.3 is 5.69 Å². The Balaban J connectivity index is 1.88. The molecule has 1 atom stereocenters. The fourth-order valence-corrected chi connectivity index (χ4v) is 2.14. The average Bonchev–Trinajstić information content (AvgIpc) is 3.00. The number of rotatable bonds is 3. The number of carbonyl (C=O) groups excluding carboxylic acids is 1. The summed E-state index contributed by atoms with van der Waals surface area (Å²) in [5.74, 6) is -0.0836. The molecular formula is C12H13N3O3. The highest BCUT2D eigenvalue weighted by atomic mass is 16.5. The highest BCUT2D eigenvalue weighted by Gasteiger charge is 2.24. The molecule has 3 rings (SSSR count). The molecule has 0 spiro atoms. The molecule has 1 saturated heterocycles. The van der Waals surface area contributed by atoms with Gasteiger partial charge < -0.3 is 4.74 Å². The minimum Gasteiger partial charge on any atom is -0.381 e. The Hall–Kier alpha value is -1.95. The van der Waals surface area contributed by atoms with Crippen LogP contribution in [-0.4, -0.2) is 33.2 Å². The predicted octanol–water partition coefficient (Wildman–Crippen LogP) is 0.102. The largest absolute Gasteiger partial charge is 0.381 e. The fourth-order valence-electron chi connectivity index (χ4n) is 2.14. The van der Waals surface area contributed by atoms with Crippen LogP contribution in [0.2, 0.25) is 0 Å². The normalized spacial score (nSPS) is 19.4. The maximum absolute atomic E-state index is 12.0. The van der Waals surface area contributed by atoms with Crippen molar-refractivity contribution in [3.8, 4) is 0 Å². The summed E-state index contributed by atoms with van der Waals surface area (Å²) >= 11 is 0. The van der Waals surface area contributed by atoms with Gasteiger partial charge in [-0.1, -0.05) is 6.07 Å². The van der Waals surface area contributed by atoms with Crippen LogP contribution in [0.5, 0.6) is 0 Å². The van der Waals surface area contributed by atoms with E-state index in [1.54, 1.807) is 24.4 Å². The highest BCUT2D eigenvalue weighted by molar-refractivity contribution is 5.81. The summed E-state index contributed by atoms with van der Waals surface area (Å²) < 4.78 is 7.82. The smallest absolute Gasteiger partial charge is 0.350 e. The average molecular weight is 247 g/mol. The van der Waals surface area contributed by atoms with Crippen LogP contribution in [-0.2, 0) is 16.1 Å². The first kappa shape index (κ1) is 11.2. The number of fused-ring (bicyclic) bond motifs is 1. The quantitative estimate of drug-likeness (QED) is 0.771. The molecule has 2 aromatic rings. The molecule has 0 bridgehead atoms. The highest BCUT2D eigenvalue weighted by Crippen LogP contribution is 2.13. The number of ketones is 1. The van der Waals surface area contributed by atoms with E-state index >= 15 is 0 Å². The SMILES string of the molecule is O=C(Cn1nc2ccccn2c1=O)C1CCOC1. The van der Waals surface area contributed by atoms with Crippen molar-refractivity contribution in [1.82, 2.24) is 14.2 Å². The lowest BCUT2D eigenvalue weighted by molar-refractivity contribution is -0.123. The molecule has 94 valence electrons. The number of Topliss-reactive ketones (excluding diaryl/α,β-unsaturated/α-hetero) is 1. The van der Waals surface area contributed by atoms with Crippen molar-refractivity contribution in [2.75, 3.05) is 13.2 Å². The van der Waals surface area contributed by atoms with Crippen LogP contribution in [0.1, 0.15) is 6.42 Å². The number of nitrogens with zero attached hydrogens (tertiary/aromatic N) is 3. The first-order valence-corrected chi connectivity index (χ1v) is 5.90. The molecule has 0 saturated carbocycles. The van der Waals surface area contributed by atoms with E-state index in [1.807, 2.05) is 0 Å². The number of hydrogen-bond donors (Lipinski definition) is 0. The van der Waals surface area contributed by atoms with E-state index in [2.05, 4.69) is 5.10 Å². The van der Waals surface area contributed by atoms with Crippen LogP contribution < -0.4 is 5.69 Å². The van der Waals surface area contributed by atoms with Gasteiger partial charge in [0.05, 0.1) is 6.61 Å². The van der Waals surface area contributed by atoms with Crippen molar-refractivity contribution < 1.29 is 9.53 Å². The van der Waals surface area contributed by atoms with Crippen LogP contribution in [0, 0.1) is 5.92 Å². The van der Waals surface area contributed by atoms with E-state index < -0.39 is 0 Å². The maximum atomic E-state index is 12.0. The lowest BCUT2D eigenvalue weighted by atomic mass is 10.0. The van der Waals surface area contributed by atoms with Crippen LogP contribution in [0.25, 0.3) is 5.65 Å². The van der Waals surface area contributed by atoms with E-state index in [0.717, 1.165) is 6.42 Å². The number of carbonyl (C=O) groups is 1. The molecular weight excluding hydrogens is 234 g/mol. The summed E-state index contributed by atoms with van der Waals surface area (Å²) in [5, 5.41) is 4.13. The Labute approximate surface area is 103 Å². The predicted molar refractivity (Wildman–Crippen MR) is 63.4 cm³/mol. The van der Waals surface area contributed by atoms with Crippen molar-refractivity contribution in [2.24, 2.45) is 5.92 Å². The van der Waals surface area contributed by atoms with Gasteiger partial charge in [-0.15, -0.1) is 5.10 Å². The van der Waals surface area contributed by atoms with E-state index in [-0.39, 0.29) is 23.9 Å². The van der Waals surface area contributed by atoms with Gasteiger partial charge in [0.15, 0.2) is 11.4 Å². The third kappa shape index (κ3) is 1.84. The van der Waals surface area contributed by atoms with Crippen LogP contribution in [0.3, 0.4) is 0 Å². The van der Waals surface area contributed by atoms with E-state index in [9.17, 15) is 9.59 Å². The summed E-state index contributed by atoms with van der Waals surface area (Å²) in [6.07, 6.45) is 2.38. The second kappa shape index (κ2) is 4.38. The van der Waals surface area contributed by atoms with Gasteiger partial charge in [-0.3, -0.25) is 9.20 Å². The molecule has 1 aliphatic heterocycles. The molecule has 3 heterocycles. The van der Waals surface area contributed by atoms with Crippen molar-refractivity contribution in [1.29, 1.82) is 0 Å². The number of hydrogen-bond acceptors (Lipinski definition) is 4. The topological polar surface area (TPSA) is 65.6 Å². The number of pyridine rings is 1. The second-order valence-corrected chi connectivity index (χ2v) is 4.40. The molecule has 18 heavy (non-hydrogen) atoms. The summed E-state index contributed by atoms with van der Waals surface area (Å²) in [5.41, 5.74) is 0.274. The summed E-state index contributed by atoms with van der Waals surface area (Å²) in [6.45, 7) is 1.10. The zero-order valence-electron chi connectivity index (χ0n) is 9.78. The zero-order chi connectivity index (χ0) is 12.5. The van der Waals surface area contributed by atoms with Gasteiger partial charge in [0.2, 0.25) is 0 Å². The Morgan fingerprint density at radius 2 is 2.39 bits per heavy atom. The van der Waals surface area contributed by atoms with Gasteiger partial charge in [-0.2, -0.15) is 0 Å². The van der Waals surface area contributed by atoms with Gasteiger partial charge in [0.1, 0.15) is 6.54 Å². The Morgan fingerprint density at radius 1 is 1.50 bits per heavy atom. The molecule has 6 nitrogen and oxygen atoms in total. The molecule has 6 heteroatoms. The van der Waals surface area contributed by atoms with Crippen LogP contribution in [0.4, 0.5) is 0 Å². The summed E-state index contributed by atoms with van der Waals surface area (Å²) in [4.78, 5) is 23.9. The molecule has 2 aromatic heterocycles. The number of aromatic nitrogens is 3. The van der Waals surface area contributed by atoms with Crippen molar-refractivity contribution in [3.05, 3.63) is 34.9 Å². The second-order valence-electron chi connectivity index (χ2n) is 4.40. The molecule has 1 unspecified atom stereocenters. The monoisotopic (exact) mass is 247 g/mol. The number of ether oxygens (including phenoxy) is 1. The molecule has 1 aliphatic rings. The first-order chi connectivity index (χ1) is 8.75. The lowest BCUT2D eigenvalue weighted by Crippen LogP contribution is -2.28. The standard InChI is InChI=1S/C12H13N3O3/c16-10(9-4-6-18-8-9)7-15-12(17)14-5-2-1-3-11(14)13-15/h1-3,5,9H,4,6-8H2. The summed E-state index contributed by atoms with van der Waals surface area (Å²) in [6, 6.07) is 5.30. The van der Waals surface area contributed by atoms with Crippen LogP contribution >= 0.6 is 0 Å². The first-order valence-electron chi connectivity index (χ1n) is 5.90. The molecule has 0 radical (unpaired) electrons. The Kier molecular flexibility index (Phi) is 2.71. The third-order valence-corrected chi connectivity index (χ3v) is 3.18. The maximum Gasteiger partial charge on any atom is 0.350 e. The minimum atomic E-state index is -0.280. The van der Waals surface area contributed by atoms with Crippen LogP contribution in [0.15, 0.2) is 29.2 Å². The molecule has 1 fully saturated rings. The van der Waals surface area contributed by atoms with Crippen molar-refractivity contribution in [3.63, 3.8) is 0 Å². The van der Waals surface area contributed by atoms with Gasteiger partial charge in [-0.25, -0.2) is 9.48 Å². The Bertz CT molecular complexity index is 637. The molecule has 0 amide bonds. The van der Waals surface area contributed by atoms with Gasteiger partial charge in [-0.05, 0) is 18.6 Å². The fraction of sp³-hybridized carbons (Fsp3) is 0.417. The van der Waals surface area contributed by atoms with Crippen molar-refractivity contribution >= 4 is 11.4 Å². The molecule has 0 aromatic carbocycles. The van der Waals surface area contributed by atoms with E-state index in [4.69, 9.17) is 4.74 Å². The van der Waals surface area contributed by atoms with Gasteiger partial charge in [0, 0.05) is 18.7 Å². The van der Waals surface area contributed by atoms with Crippen molar-refractivity contribution in [2.45, 2.75) is 13.0 Å². The summed E-state index contributed by atoms with van der Waals surface area (Å²) in [7, 11) is 0. The lowest BCUT2D eigenvalue weighted by Gasteiger charge is -2.04. The Morgan fingerprint density at radius 3 is 3.11 bits per heavy atom. The molecule has 0 aliphatic carbocycles. The van der Waals surface area contributed by atoms with E-state index in [1.165, 1.54) is 9.08 Å². The van der Waals surface area contributed by atoms with E-state index in [0.29, 0.717) is 18.9 Å². The van der Waals surface area contributed by atoms with Gasteiger partial charge in [0.25, 0.3) is 0 Å². The molecule has 0 N–H and O–H groups in total. The zero-order valence-corrected chi connectivity index (χ0v) is 9.78. The third-order valence-electron chi connectivity index (χ3n) is 3.18.